The Morgan fingerprint density at radius 3 is 2.64 bits per heavy atom. The maximum Gasteiger partial charge on any atom is 0.280 e. The second-order valence-corrected chi connectivity index (χ2v) is 5.57. The fourth-order valence-electron chi connectivity index (χ4n) is 2.29. The second kappa shape index (κ2) is 6.05. The molecule has 0 bridgehead atoms. The molecule has 1 aliphatic heterocycles. The van der Waals surface area contributed by atoms with E-state index in [-0.39, 0.29) is 22.6 Å². The molecule has 0 amide bonds. The maximum atomic E-state index is 11.8. The van der Waals surface area contributed by atoms with Crippen molar-refractivity contribution in [2.75, 3.05) is 12.3 Å². The van der Waals surface area contributed by atoms with Crippen molar-refractivity contribution in [2.45, 2.75) is 24.5 Å². The zero-order chi connectivity index (χ0) is 15.3. The van der Waals surface area contributed by atoms with Gasteiger partial charge in [-0.3, -0.25) is 14.3 Å². The van der Waals surface area contributed by atoms with Gasteiger partial charge >= 0.3 is 0 Å². The van der Waals surface area contributed by atoms with E-state index >= 15 is 0 Å². The normalized spacial score (nSPS) is 28.0. The lowest BCUT2D eigenvalue weighted by molar-refractivity contribution is -0.0522. The molecular formula is C10H14IN5O6. The maximum absolute atomic E-state index is 11.8. The Bertz CT molecular complexity index is 747. The van der Waals surface area contributed by atoms with Gasteiger partial charge in [0.15, 0.2) is 21.2 Å². The van der Waals surface area contributed by atoms with Gasteiger partial charge in [-0.15, -0.1) is 0 Å². The van der Waals surface area contributed by atoms with Crippen LogP contribution in [0.3, 0.4) is 0 Å². The van der Waals surface area contributed by atoms with E-state index in [1.807, 2.05) is 22.6 Å². The highest BCUT2D eigenvalue weighted by molar-refractivity contribution is 14.1. The molecule has 4 atom stereocenters. The minimum Gasteiger partial charge on any atom is -0.412 e. The van der Waals surface area contributed by atoms with Gasteiger partial charge in [0, 0.05) is 22.6 Å². The van der Waals surface area contributed by atoms with Gasteiger partial charge in [-0.1, -0.05) is 0 Å². The number of aromatic amines is 1. The molecule has 0 radical (unpaired) electrons. The van der Waals surface area contributed by atoms with Crippen LogP contribution in [-0.4, -0.2) is 65.2 Å². The van der Waals surface area contributed by atoms with Gasteiger partial charge in [0.2, 0.25) is 5.95 Å². The van der Waals surface area contributed by atoms with Gasteiger partial charge in [-0.25, -0.2) is 4.98 Å². The van der Waals surface area contributed by atoms with Crippen LogP contribution in [0.2, 0.25) is 0 Å². The number of ether oxygens (including phenoxy) is 1. The average molecular weight is 427 g/mol. The Kier molecular flexibility index (Phi) is 4.69. The van der Waals surface area contributed by atoms with Crippen LogP contribution >= 0.6 is 22.6 Å². The van der Waals surface area contributed by atoms with Crippen molar-refractivity contribution in [3.05, 3.63) is 14.2 Å². The lowest BCUT2D eigenvalue weighted by atomic mass is 10.1. The highest BCUT2D eigenvalue weighted by Crippen LogP contribution is 2.32. The van der Waals surface area contributed by atoms with Crippen molar-refractivity contribution >= 4 is 39.7 Å². The summed E-state index contributed by atoms with van der Waals surface area (Å²) in [5.74, 6) is -0.100. The number of fused-ring (bicyclic) bond motifs is 1. The highest BCUT2D eigenvalue weighted by atomic mass is 127. The van der Waals surface area contributed by atoms with Gasteiger partial charge in [-0.05, 0) is 0 Å². The van der Waals surface area contributed by atoms with Crippen molar-refractivity contribution in [1.82, 2.24) is 19.5 Å². The zero-order valence-electron chi connectivity index (χ0n) is 11.0. The fraction of sp³-hybridized carbons (Fsp3) is 0.500. The standard InChI is InChI=1S/C10H12IN5O5.H2O/c11-9-13-3-6(14-10(12)15-7(3)20)16(9)8-5(19)4(18)2(1-17)21-8;/h2,4-5,8,17-19H,1H2,(H3,12,14,15,20);1H2/t2-,4-,5-,8-;/m1./s1. The van der Waals surface area contributed by atoms with Crippen molar-refractivity contribution in [2.24, 2.45) is 0 Å². The zero-order valence-corrected chi connectivity index (χ0v) is 13.1. The van der Waals surface area contributed by atoms with E-state index < -0.39 is 36.7 Å². The molecule has 0 unspecified atom stereocenters. The van der Waals surface area contributed by atoms with Crippen molar-refractivity contribution in [3.63, 3.8) is 0 Å². The number of rotatable bonds is 2. The minimum absolute atomic E-state index is 0. The number of hydrogen-bond donors (Lipinski definition) is 5. The van der Waals surface area contributed by atoms with Gasteiger partial charge in [0.25, 0.3) is 5.56 Å². The first-order valence-corrected chi connectivity index (χ1v) is 7.07. The summed E-state index contributed by atoms with van der Waals surface area (Å²) in [4.78, 5) is 22.2. The van der Waals surface area contributed by atoms with E-state index in [1.54, 1.807) is 0 Å². The number of halogens is 1. The van der Waals surface area contributed by atoms with E-state index in [0.717, 1.165) is 0 Å². The van der Waals surface area contributed by atoms with Gasteiger partial charge in [0.1, 0.15) is 18.3 Å². The third-order valence-corrected chi connectivity index (χ3v) is 4.06. The molecule has 0 aromatic carbocycles. The van der Waals surface area contributed by atoms with Crippen LogP contribution in [0.1, 0.15) is 6.23 Å². The number of nitrogens with two attached hydrogens (primary N) is 1. The molecule has 3 heterocycles. The van der Waals surface area contributed by atoms with Crippen LogP contribution in [0.25, 0.3) is 11.2 Å². The van der Waals surface area contributed by atoms with Crippen LogP contribution in [0.5, 0.6) is 0 Å². The molecule has 11 nitrogen and oxygen atoms in total. The molecule has 1 fully saturated rings. The monoisotopic (exact) mass is 427 g/mol. The molecule has 1 saturated heterocycles. The number of imidazole rings is 1. The number of aliphatic hydroxyl groups excluding tert-OH is 3. The predicted octanol–water partition coefficient (Wildman–Crippen LogP) is -2.91. The Hall–Kier alpha value is -1.32. The second-order valence-electron chi connectivity index (χ2n) is 4.60. The van der Waals surface area contributed by atoms with Crippen LogP contribution < -0.4 is 11.3 Å². The molecule has 8 N–H and O–H groups in total. The van der Waals surface area contributed by atoms with Crippen LogP contribution in [0.15, 0.2) is 4.79 Å². The topological polar surface area (TPSA) is 191 Å². The van der Waals surface area contributed by atoms with Gasteiger partial charge in [-0.2, -0.15) is 4.98 Å². The average Bonchev–Trinajstić information content (AvgIpc) is 2.89. The molecule has 22 heavy (non-hydrogen) atoms. The fourth-order valence-corrected chi connectivity index (χ4v) is 3.04. The largest absolute Gasteiger partial charge is 0.412 e. The van der Waals surface area contributed by atoms with E-state index in [9.17, 15) is 15.0 Å². The summed E-state index contributed by atoms with van der Waals surface area (Å²) in [6, 6.07) is 0. The molecule has 0 saturated carbocycles. The van der Waals surface area contributed by atoms with Crippen molar-refractivity contribution < 1.29 is 25.5 Å². The predicted molar refractivity (Wildman–Crippen MR) is 81.9 cm³/mol. The summed E-state index contributed by atoms with van der Waals surface area (Å²) in [5, 5.41) is 29.0. The molecule has 0 spiro atoms. The van der Waals surface area contributed by atoms with E-state index in [4.69, 9.17) is 15.6 Å². The van der Waals surface area contributed by atoms with Gasteiger partial charge < -0.3 is 31.3 Å². The van der Waals surface area contributed by atoms with Crippen molar-refractivity contribution in [1.29, 1.82) is 0 Å². The molecule has 3 rings (SSSR count). The quantitative estimate of drug-likeness (QED) is 0.249. The summed E-state index contributed by atoms with van der Waals surface area (Å²) in [6.45, 7) is -0.450. The molecule has 122 valence electrons. The third kappa shape index (κ3) is 2.46. The summed E-state index contributed by atoms with van der Waals surface area (Å²) >= 11 is 1.85. The lowest BCUT2D eigenvalue weighted by Crippen LogP contribution is -2.33. The summed E-state index contributed by atoms with van der Waals surface area (Å²) in [6.07, 6.45) is -4.51. The van der Waals surface area contributed by atoms with E-state index in [1.165, 1.54) is 4.57 Å². The molecule has 0 aliphatic carbocycles. The highest BCUT2D eigenvalue weighted by Gasteiger charge is 2.44. The van der Waals surface area contributed by atoms with Crippen molar-refractivity contribution in [3.8, 4) is 0 Å². The first kappa shape index (κ1) is 17.0. The Labute approximate surface area is 136 Å². The molecule has 2 aromatic heterocycles. The smallest absolute Gasteiger partial charge is 0.280 e. The number of nitrogens with zero attached hydrogens (tertiary/aromatic N) is 3. The Morgan fingerprint density at radius 1 is 1.36 bits per heavy atom. The van der Waals surface area contributed by atoms with Crippen LogP contribution in [-0.2, 0) is 4.74 Å². The minimum atomic E-state index is -1.30. The molecule has 12 heteroatoms. The lowest BCUT2D eigenvalue weighted by Gasteiger charge is -2.17. The number of H-pyrrole nitrogens is 1. The summed E-state index contributed by atoms with van der Waals surface area (Å²) in [5.41, 5.74) is 5.18. The molecule has 1 aliphatic rings. The molecule has 2 aromatic rings. The summed E-state index contributed by atoms with van der Waals surface area (Å²) in [7, 11) is 0. The SMILES string of the molecule is Nc1nc2c(nc(I)n2[C@@H]2O[C@H](CO)[C@@H](O)[C@H]2O)c(=O)[nH]1.O. The third-order valence-electron chi connectivity index (χ3n) is 3.30. The number of hydrogen-bond acceptors (Lipinski definition) is 8. The number of nitrogens with one attached hydrogen (secondary N) is 1. The Balaban J connectivity index is 0.00000176. The first-order valence-electron chi connectivity index (χ1n) is 5.99. The van der Waals surface area contributed by atoms with Crippen LogP contribution in [0.4, 0.5) is 5.95 Å². The van der Waals surface area contributed by atoms with E-state index in [2.05, 4.69) is 15.0 Å². The van der Waals surface area contributed by atoms with Crippen LogP contribution in [0, 0.1) is 3.83 Å². The summed E-state index contributed by atoms with van der Waals surface area (Å²) < 4.78 is 7.12. The molecular weight excluding hydrogens is 413 g/mol. The number of aliphatic hydroxyl groups is 3. The number of nitrogen functional groups attached to an aromatic ring is 1. The first-order chi connectivity index (χ1) is 9.93. The van der Waals surface area contributed by atoms with E-state index in [0.29, 0.717) is 3.83 Å². The Morgan fingerprint density at radius 2 is 2.05 bits per heavy atom. The number of anilines is 1. The number of aromatic nitrogens is 4. The van der Waals surface area contributed by atoms with Gasteiger partial charge in [0.05, 0.1) is 6.61 Å².